The summed E-state index contributed by atoms with van der Waals surface area (Å²) in [5, 5.41) is 16.5. The lowest BCUT2D eigenvalue weighted by atomic mass is 9.87. The third-order valence-electron chi connectivity index (χ3n) is 4.80. The molecule has 0 aliphatic rings. The fourth-order valence-electron chi connectivity index (χ4n) is 3.00. The van der Waals surface area contributed by atoms with Crippen LogP contribution in [0.3, 0.4) is 0 Å². The monoisotopic (exact) mass is 451 g/mol. The molecule has 164 valence electrons. The van der Waals surface area contributed by atoms with Crippen molar-refractivity contribution in [2.24, 2.45) is 0 Å². The standard InChI is InChI=1S/C24H22ClN3O4/c1-24(2,3)17-10-7-15(8-11-17)22(29)26-18-5-4-6-19(14-18)27-23(30)16-9-12-20(25)21(13-16)28(31)32/h4-14H,1-3H3,(H,26,29)(H,27,30). The number of hydrogen-bond donors (Lipinski definition) is 2. The van der Waals surface area contributed by atoms with Gasteiger partial charge in [-0.25, -0.2) is 0 Å². The maximum absolute atomic E-state index is 12.6. The third kappa shape index (κ3) is 5.50. The Hall–Kier alpha value is -3.71. The predicted molar refractivity (Wildman–Crippen MR) is 126 cm³/mol. The molecule has 0 radical (unpaired) electrons. The van der Waals surface area contributed by atoms with Gasteiger partial charge in [0, 0.05) is 28.6 Å². The summed E-state index contributed by atoms with van der Waals surface area (Å²) in [6.07, 6.45) is 0. The second-order valence-corrected chi connectivity index (χ2v) is 8.65. The molecule has 8 heteroatoms. The number of nitrogens with one attached hydrogen (secondary N) is 2. The van der Waals surface area contributed by atoms with Gasteiger partial charge in [0.15, 0.2) is 0 Å². The van der Waals surface area contributed by atoms with Crippen LogP contribution in [0.15, 0.2) is 66.7 Å². The van der Waals surface area contributed by atoms with Gasteiger partial charge < -0.3 is 10.6 Å². The molecule has 0 spiro atoms. The zero-order valence-corrected chi connectivity index (χ0v) is 18.6. The lowest BCUT2D eigenvalue weighted by molar-refractivity contribution is -0.384. The molecule has 0 saturated carbocycles. The molecule has 0 saturated heterocycles. The van der Waals surface area contributed by atoms with Crippen molar-refractivity contribution in [2.75, 3.05) is 10.6 Å². The summed E-state index contributed by atoms with van der Waals surface area (Å²) in [7, 11) is 0. The van der Waals surface area contributed by atoms with Crippen LogP contribution in [0.1, 0.15) is 47.1 Å². The molecule has 2 amide bonds. The minimum atomic E-state index is -0.650. The second kappa shape index (κ2) is 9.20. The Labute approximate surface area is 190 Å². The van der Waals surface area contributed by atoms with Crippen LogP contribution in [0.4, 0.5) is 17.1 Å². The van der Waals surface area contributed by atoms with E-state index >= 15 is 0 Å². The Kier molecular flexibility index (Phi) is 6.60. The van der Waals surface area contributed by atoms with E-state index in [1.807, 2.05) is 12.1 Å². The van der Waals surface area contributed by atoms with Gasteiger partial charge in [-0.1, -0.05) is 50.6 Å². The molecule has 3 rings (SSSR count). The van der Waals surface area contributed by atoms with Gasteiger partial charge in [0.25, 0.3) is 17.5 Å². The lowest BCUT2D eigenvalue weighted by Crippen LogP contribution is -2.15. The number of carbonyl (C=O) groups excluding carboxylic acids is 2. The molecule has 3 aromatic rings. The maximum Gasteiger partial charge on any atom is 0.288 e. The average molecular weight is 452 g/mol. The summed E-state index contributed by atoms with van der Waals surface area (Å²) in [4.78, 5) is 35.5. The Morgan fingerprint density at radius 3 is 1.91 bits per heavy atom. The second-order valence-electron chi connectivity index (χ2n) is 8.24. The first-order valence-electron chi connectivity index (χ1n) is 9.82. The fraction of sp³-hybridized carbons (Fsp3) is 0.167. The molecule has 0 aromatic heterocycles. The molecule has 0 unspecified atom stereocenters. The third-order valence-corrected chi connectivity index (χ3v) is 5.12. The Morgan fingerprint density at radius 1 is 0.844 bits per heavy atom. The van der Waals surface area contributed by atoms with E-state index in [0.29, 0.717) is 16.9 Å². The number of nitro benzene ring substituents is 1. The topological polar surface area (TPSA) is 101 Å². The van der Waals surface area contributed by atoms with E-state index in [9.17, 15) is 19.7 Å². The van der Waals surface area contributed by atoms with Crippen molar-refractivity contribution in [1.82, 2.24) is 0 Å². The SMILES string of the molecule is CC(C)(C)c1ccc(C(=O)Nc2cccc(NC(=O)c3ccc(Cl)c([N+](=O)[O-])c3)c2)cc1. The summed E-state index contributed by atoms with van der Waals surface area (Å²) in [5.74, 6) is -0.812. The molecule has 0 atom stereocenters. The number of rotatable bonds is 5. The number of hydrogen-bond acceptors (Lipinski definition) is 4. The van der Waals surface area contributed by atoms with Crippen molar-refractivity contribution < 1.29 is 14.5 Å². The predicted octanol–water partition coefficient (Wildman–Crippen LogP) is 6.05. The molecule has 7 nitrogen and oxygen atoms in total. The van der Waals surface area contributed by atoms with E-state index in [0.717, 1.165) is 11.6 Å². The van der Waals surface area contributed by atoms with Crippen LogP contribution in [-0.2, 0) is 5.41 Å². The van der Waals surface area contributed by atoms with Gasteiger partial charge in [-0.05, 0) is 53.4 Å². The Bertz CT molecular complexity index is 1180. The van der Waals surface area contributed by atoms with E-state index in [1.54, 1.807) is 36.4 Å². The molecule has 0 aliphatic heterocycles. The molecule has 32 heavy (non-hydrogen) atoms. The van der Waals surface area contributed by atoms with Crippen LogP contribution >= 0.6 is 11.6 Å². The highest BCUT2D eigenvalue weighted by Gasteiger charge is 2.17. The zero-order chi connectivity index (χ0) is 23.5. The number of nitro groups is 1. The summed E-state index contributed by atoms with van der Waals surface area (Å²) in [5.41, 5.74) is 2.30. The van der Waals surface area contributed by atoms with Crippen LogP contribution in [0.25, 0.3) is 0 Å². The molecular formula is C24H22ClN3O4. The van der Waals surface area contributed by atoms with E-state index in [4.69, 9.17) is 11.6 Å². The lowest BCUT2D eigenvalue weighted by Gasteiger charge is -2.19. The Balaban J connectivity index is 1.71. The molecule has 3 aromatic carbocycles. The summed E-state index contributed by atoms with van der Waals surface area (Å²) in [6, 6.07) is 17.8. The maximum atomic E-state index is 12.6. The number of anilines is 2. The van der Waals surface area contributed by atoms with Gasteiger partial charge in [0.1, 0.15) is 5.02 Å². The van der Waals surface area contributed by atoms with Crippen molar-refractivity contribution in [3.8, 4) is 0 Å². The first-order chi connectivity index (χ1) is 15.0. The van der Waals surface area contributed by atoms with Crippen molar-refractivity contribution in [3.05, 3.63) is 98.6 Å². The fourth-order valence-corrected chi connectivity index (χ4v) is 3.18. The van der Waals surface area contributed by atoms with Crippen molar-refractivity contribution >= 4 is 40.5 Å². The van der Waals surface area contributed by atoms with E-state index in [1.165, 1.54) is 12.1 Å². The van der Waals surface area contributed by atoms with Crippen LogP contribution in [0.2, 0.25) is 5.02 Å². The quantitative estimate of drug-likeness (QED) is 0.364. The van der Waals surface area contributed by atoms with Crippen molar-refractivity contribution in [2.45, 2.75) is 26.2 Å². The van der Waals surface area contributed by atoms with Crippen LogP contribution in [-0.4, -0.2) is 16.7 Å². The normalized spacial score (nSPS) is 11.0. The van der Waals surface area contributed by atoms with E-state index in [2.05, 4.69) is 31.4 Å². The number of nitrogens with zero attached hydrogens (tertiary/aromatic N) is 1. The van der Waals surface area contributed by atoms with E-state index < -0.39 is 10.8 Å². The van der Waals surface area contributed by atoms with Crippen LogP contribution < -0.4 is 10.6 Å². The molecular weight excluding hydrogens is 430 g/mol. The highest BCUT2D eigenvalue weighted by molar-refractivity contribution is 6.32. The minimum absolute atomic E-state index is 0.00788. The first-order valence-corrected chi connectivity index (χ1v) is 10.2. The number of halogens is 1. The summed E-state index contributed by atoms with van der Waals surface area (Å²) >= 11 is 5.79. The average Bonchev–Trinajstić information content (AvgIpc) is 2.73. The van der Waals surface area contributed by atoms with Crippen LogP contribution in [0.5, 0.6) is 0 Å². The summed E-state index contributed by atoms with van der Waals surface area (Å²) < 4.78 is 0. The highest BCUT2D eigenvalue weighted by atomic mass is 35.5. The van der Waals surface area contributed by atoms with Crippen molar-refractivity contribution in [1.29, 1.82) is 0 Å². The van der Waals surface area contributed by atoms with Crippen molar-refractivity contribution in [3.63, 3.8) is 0 Å². The zero-order valence-electron chi connectivity index (χ0n) is 17.8. The van der Waals surface area contributed by atoms with Gasteiger partial charge in [0.2, 0.25) is 0 Å². The minimum Gasteiger partial charge on any atom is -0.322 e. The molecule has 0 heterocycles. The molecule has 2 N–H and O–H groups in total. The number of benzene rings is 3. The van der Waals surface area contributed by atoms with Crippen LogP contribution in [0, 0.1) is 10.1 Å². The Morgan fingerprint density at radius 2 is 1.38 bits per heavy atom. The molecule has 0 aliphatic carbocycles. The first kappa shape index (κ1) is 23.0. The van der Waals surface area contributed by atoms with Gasteiger partial charge in [-0.2, -0.15) is 0 Å². The highest BCUT2D eigenvalue weighted by Crippen LogP contribution is 2.26. The van der Waals surface area contributed by atoms with E-state index in [-0.39, 0.29) is 27.6 Å². The molecule has 0 fully saturated rings. The largest absolute Gasteiger partial charge is 0.322 e. The number of carbonyl (C=O) groups is 2. The summed E-state index contributed by atoms with van der Waals surface area (Å²) in [6.45, 7) is 6.30. The molecule has 0 bridgehead atoms. The number of amides is 2. The smallest absolute Gasteiger partial charge is 0.288 e. The van der Waals surface area contributed by atoms with Gasteiger partial charge in [0.05, 0.1) is 4.92 Å². The van der Waals surface area contributed by atoms with Gasteiger partial charge in [-0.3, -0.25) is 19.7 Å². The van der Waals surface area contributed by atoms with Gasteiger partial charge >= 0.3 is 0 Å². The van der Waals surface area contributed by atoms with Gasteiger partial charge in [-0.15, -0.1) is 0 Å².